The Morgan fingerprint density at radius 1 is 1.33 bits per heavy atom. The number of rotatable bonds is 5. The molecule has 126 valence electrons. The van der Waals surface area contributed by atoms with E-state index in [-0.39, 0.29) is 18.3 Å². The molecule has 1 amide bonds. The monoisotopic (exact) mass is 329 g/mol. The lowest BCUT2D eigenvalue weighted by Crippen LogP contribution is -2.38. The fraction of sp³-hybridized carbons (Fsp3) is 0.333. The van der Waals surface area contributed by atoms with Crippen molar-refractivity contribution in [2.75, 3.05) is 19.6 Å². The summed E-state index contributed by atoms with van der Waals surface area (Å²) in [6.07, 6.45) is 3.92. The zero-order valence-electron chi connectivity index (χ0n) is 13.3. The largest absolute Gasteiger partial charge is 0.384 e. The van der Waals surface area contributed by atoms with Gasteiger partial charge in [-0.3, -0.25) is 14.7 Å². The van der Waals surface area contributed by atoms with E-state index >= 15 is 0 Å². The van der Waals surface area contributed by atoms with Crippen LogP contribution in [0.15, 0.2) is 48.8 Å². The summed E-state index contributed by atoms with van der Waals surface area (Å²) in [5.41, 5.74) is 0.592. The highest BCUT2D eigenvalue weighted by atomic mass is 19.1. The molecule has 3 rings (SSSR count). The Balaban J connectivity index is 1.52. The van der Waals surface area contributed by atoms with E-state index in [9.17, 15) is 14.3 Å². The van der Waals surface area contributed by atoms with Crippen LogP contribution in [0.4, 0.5) is 4.39 Å². The molecule has 1 unspecified atom stereocenters. The molecule has 6 heteroatoms. The number of likely N-dealkylation sites (tertiary alicyclic amines) is 1. The summed E-state index contributed by atoms with van der Waals surface area (Å²) in [4.78, 5) is 18.0. The van der Waals surface area contributed by atoms with Crippen LogP contribution in [-0.2, 0) is 16.9 Å². The Hall–Kier alpha value is -2.31. The van der Waals surface area contributed by atoms with E-state index in [1.807, 2.05) is 17.0 Å². The summed E-state index contributed by atoms with van der Waals surface area (Å²) in [5, 5.41) is 13.6. The Morgan fingerprint density at radius 2 is 2.12 bits per heavy atom. The number of halogens is 1. The average Bonchev–Trinajstić information content (AvgIpc) is 2.96. The van der Waals surface area contributed by atoms with Crippen LogP contribution >= 0.6 is 0 Å². The molecule has 24 heavy (non-hydrogen) atoms. The zero-order chi connectivity index (χ0) is 17.0. The number of aliphatic hydroxyl groups is 1. The van der Waals surface area contributed by atoms with Crippen molar-refractivity contribution in [3.63, 3.8) is 0 Å². The van der Waals surface area contributed by atoms with Crippen molar-refractivity contribution in [2.45, 2.75) is 18.6 Å². The van der Waals surface area contributed by atoms with Gasteiger partial charge in [-0.2, -0.15) is 0 Å². The maximum Gasteiger partial charge on any atom is 0.234 e. The first kappa shape index (κ1) is 16.5. The first-order valence-corrected chi connectivity index (χ1v) is 7.91. The summed E-state index contributed by atoms with van der Waals surface area (Å²) in [5.74, 6) is -0.422. The van der Waals surface area contributed by atoms with Crippen LogP contribution in [0, 0.1) is 5.82 Å². The molecule has 1 aromatic carbocycles. The van der Waals surface area contributed by atoms with Crippen LogP contribution in [-0.4, -0.2) is 40.5 Å². The summed E-state index contributed by atoms with van der Waals surface area (Å²) in [6.45, 7) is 1.64. The van der Waals surface area contributed by atoms with E-state index in [0.717, 1.165) is 5.56 Å². The average molecular weight is 329 g/mol. The summed E-state index contributed by atoms with van der Waals surface area (Å²) in [7, 11) is 0. The molecular weight excluding hydrogens is 309 g/mol. The van der Waals surface area contributed by atoms with Gasteiger partial charge in [-0.15, -0.1) is 0 Å². The molecule has 1 aromatic heterocycles. The number of amides is 1. The Morgan fingerprint density at radius 3 is 2.83 bits per heavy atom. The van der Waals surface area contributed by atoms with E-state index in [0.29, 0.717) is 31.6 Å². The third-order valence-electron chi connectivity index (χ3n) is 4.29. The van der Waals surface area contributed by atoms with Gasteiger partial charge in [-0.1, -0.05) is 18.2 Å². The lowest BCUT2D eigenvalue weighted by atomic mass is 9.93. The van der Waals surface area contributed by atoms with Crippen LogP contribution in [0.3, 0.4) is 0 Å². The van der Waals surface area contributed by atoms with Crippen molar-refractivity contribution < 1.29 is 14.3 Å². The van der Waals surface area contributed by atoms with E-state index in [1.165, 1.54) is 12.1 Å². The number of pyridine rings is 1. The molecule has 0 saturated carbocycles. The van der Waals surface area contributed by atoms with Gasteiger partial charge in [0.25, 0.3) is 0 Å². The number of hydrogen-bond acceptors (Lipinski definition) is 4. The van der Waals surface area contributed by atoms with Gasteiger partial charge in [0.2, 0.25) is 5.91 Å². The van der Waals surface area contributed by atoms with Gasteiger partial charge in [0.15, 0.2) is 0 Å². The predicted molar refractivity (Wildman–Crippen MR) is 87.4 cm³/mol. The van der Waals surface area contributed by atoms with Crippen molar-refractivity contribution in [3.05, 3.63) is 65.7 Å². The van der Waals surface area contributed by atoms with Gasteiger partial charge in [0.05, 0.1) is 6.54 Å². The first-order valence-electron chi connectivity index (χ1n) is 7.91. The van der Waals surface area contributed by atoms with Crippen LogP contribution < -0.4 is 5.32 Å². The molecule has 0 spiro atoms. The van der Waals surface area contributed by atoms with Crippen LogP contribution in [0.25, 0.3) is 0 Å². The molecule has 1 aliphatic rings. The highest BCUT2D eigenvalue weighted by Crippen LogP contribution is 2.31. The van der Waals surface area contributed by atoms with Crippen LogP contribution in [0.5, 0.6) is 0 Å². The molecule has 2 N–H and O–H groups in total. The molecule has 1 aliphatic heterocycles. The van der Waals surface area contributed by atoms with E-state index in [1.54, 1.807) is 24.5 Å². The second-order valence-electron chi connectivity index (χ2n) is 6.14. The Labute approximate surface area is 140 Å². The second kappa shape index (κ2) is 7.07. The number of hydrogen-bond donors (Lipinski definition) is 2. The Bertz CT molecular complexity index is 693. The van der Waals surface area contributed by atoms with E-state index in [2.05, 4.69) is 10.3 Å². The second-order valence-corrected chi connectivity index (χ2v) is 6.14. The normalized spacial score (nSPS) is 20.9. The highest BCUT2D eigenvalue weighted by Gasteiger charge is 2.38. The SMILES string of the molecule is O=C(CN1CCC(O)(c2ccc(F)cc2)C1)NCc1cccnc1. The van der Waals surface area contributed by atoms with Crippen molar-refractivity contribution in [1.29, 1.82) is 0 Å². The minimum Gasteiger partial charge on any atom is -0.384 e. The molecule has 1 fully saturated rings. The molecule has 5 nitrogen and oxygen atoms in total. The summed E-state index contributed by atoms with van der Waals surface area (Å²) in [6, 6.07) is 9.61. The smallest absolute Gasteiger partial charge is 0.234 e. The topological polar surface area (TPSA) is 65.5 Å². The minimum atomic E-state index is -1.03. The van der Waals surface area contributed by atoms with Gasteiger partial charge < -0.3 is 10.4 Å². The third kappa shape index (κ3) is 3.96. The quantitative estimate of drug-likeness (QED) is 0.871. The van der Waals surface area contributed by atoms with E-state index in [4.69, 9.17) is 0 Å². The van der Waals surface area contributed by atoms with Crippen LogP contribution in [0.2, 0.25) is 0 Å². The first-order chi connectivity index (χ1) is 11.5. The van der Waals surface area contributed by atoms with Crippen molar-refractivity contribution >= 4 is 5.91 Å². The van der Waals surface area contributed by atoms with Crippen LogP contribution in [0.1, 0.15) is 17.5 Å². The van der Waals surface area contributed by atoms with Crippen molar-refractivity contribution in [1.82, 2.24) is 15.2 Å². The van der Waals surface area contributed by atoms with Crippen molar-refractivity contribution in [2.24, 2.45) is 0 Å². The number of nitrogens with one attached hydrogen (secondary N) is 1. The van der Waals surface area contributed by atoms with Gasteiger partial charge in [0.1, 0.15) is 11.4 Å². The number of β-amino-alcohol motifs (C(OH)–C–C–N with tert-alkyl or cyclic N) is 1. The molecule has 0 aliphatic carbocycles. The molecule has 2 aromatic rings. The fourth-order valence-electron chi connectivity index (χ4n) is 2.96. The van der Waals surface area contributed by atoms with Gasteiger partial charge >= 0.3 is 0 Å². The van der Waals surface area contributed by atoms with Gasteiger partial charge in [-0.05, 0) is 35.7 Å². The number of nitrogens with zero attached hydrogens (tertiary/aromatic N) is 2. The van der Waals surface area contributed by atoms with Crippen molar-refractivity contribution in [3.8, 4) is 0 Å². The maximum absolute atomic E-state index is 13.0. The summed E-state index contributed by atoms with van der Waals surface area (Å²) < 4.78 is 13.0. The molecule has 0 bridgehead atoms. The number of aromatic nitrogens is 1. The minimum absolute atomic E-state index is 0.0952. The van der Waals surface area contributed by atoms with Gasteiger partial charge in [-0.25, -0.2) is 4.39 Å². The molecule has 2 heterocycles. The van der Waals surface area contributed by atoms with Gasteiger partial charge in [0, 0.05) is 32.0 Å². The van der Waals surface area contributed by atoms with E-state index < -0.39 is 5.60 Å². The molecule has 0 radical (unpaired) electrons. The lowest BCUT2D eigenvalue weighted by Gasteiger charge is -2.24. The summed E-state index contributed by atoms with van der Waals surface area (Å²) >= 11 is 0. The Kier molecular flexibility index (Phi) is 4.87. The maximum atomic E-state index is 13.0. The number of carbonyl (C=O) groups is 1. The lowest BCUT2D eigenvalue weighted by molar-refractivity contribution is -0.122. The fourth-order valence-corrected chi connectivity index (χ4v) is 2.96. The standard InChI is InChI=1S/C18H20FN3O2/c19-16-5-3-15(4-6-16)18(24)7-9-22(13-18)12-17(23)21-11-14-2-1-8-20-10-14/h1-6,8,10,24H,7,9,11-13H2,(H,21,23). The zero-order valence-corrected chi connectivity index (χ0v) is 13.3. The molecule has 1 saturated heterocycles. The molecule has 1 atom stereocenters. The predicted octanol–water partition coefficient (Wildman–Crippen LogP) is 1.43. The highest BCUT2D eigenvalue weighted by molar-refractivity contribution is 5.78. The third-order valence-corrected chi connectivity index (χ3v) is 4.29. The number of carbonyl (C=O) groups excluding carboxylic acids is 1. The number of benzene rings is 1. The molecular formula is C18H20FN3O2.